The van der Waals surface area contributed by atoms with Gasteiger partial charge in [-0.15, -0.1) is 0 Å². The first-order chi connectivity index (χ1) is 13.7. The number of rotatable bonds is 11. The fourth-order valence-corrected chi connectivity index (χ4v) is 3.07. The highest BCUT2D eigenvalue weighted by atomic mass is 16.5. The molecule has 1 aliphatic rings. The smallest absolute Gasteiger partial charge is 0.227 e. The zero-order chi connectivity index (χ0) is 20.2. The van der Waals surface area contributed by atoms with Crippen LogP contribution in [-0.4, -0.2) is 69.2 Å². The van der Waals surface area contributed by atoms with Crippen molar-refractivity contribution >= 4 is 24.1 Å². The lowest BCUT2D eigenvalue weighted by atomic mass is 9.98. The number of hydrogen-bond donors (Lipinski definition) is 2. The topological polar surface area (TPSA) is 83.0 Å². The maximum Gasteiger partial charge on any atom is 0.227 e. The molecular formula is C21H30N4O3. The van der Waals surface area contributed by atoms with Gasteiger partial charge in [-0.25, -0.2) is 0 Å². The summed E-state index contributed by atoms with van der Waals surface area (Å²) in [5, 5.41) is 5.94. The summed E-state index contributed by atoms with van der Waals surface area (Å²) in [6.45, 7) is 11.3. The first-order valence-electron chi connectivity index (χ1n) is 9.72. The van der Waals surface area contributed by atoms with Crippen LogP contribution in [0, 0.1) is 0 Å². The van der Waals surface area contributed by atoms with Gasteiger partial charge in [0.25, 0.3) is 0 Å². The van der Waals surface area contributed by atoms with Gasteiger partial charge >= 0.3 is 0 Å². The van der Waals surface area contributed by atoms with Crippen molar-refractivity contribution in [2.75, 3.05) is 45.9 Å². The Bertz CT molecular complexity index is 684. The molecule has 1 unspecified atom stereocenters. The van der Waals surface area contributed by atoms with Crippen LogP contribution < -0.4 is 15.4 Å². The van der Waals surface area contributed by atoms with E-state index >= 15 is 0 Å². The number of piperazine rings is 1. The van der Waals surface area contributed by atoms with E-state index in [-0.39, 0.29) is 12.5 Å². The molecule has 0 bridgehead atoms. The molecule has 152 valence electrons. The van der Waals surface area contributed by atoms with E-state index in [0.717, 1.165) is 44.7 Å². The first-order valence-corrected chi connectivity index (χ1v) is 9.72. The lowest BCUT2D eigenvalue weighted by molar-refractivity contribution is -0.123. The summed E-state index contributed by atoms with van der Waals surface area (Å²) >= 11 is 0. The minimum absolute atomic E-state index is 0.00333. The molecule has 1 saturated heterocycles. The highest BCUT2D eigenvalue weighted by molar-refractivity contribution is 5.87. The quantitative estimate of drug-likeness (QED) is 0.343. The van der Waals surface area contributed by atoms with E-state index in [1.807, 2.05) is 18.2 Å². The van der Waals surface area contributed by atoms with Gasteiger partial charge in [0, 0.05) is 38.9 Å². The molecular weight excluding hydrogens is 356 g/mol. The van der Waals surface area contributed by atoms with Crippen molar-refractivity contribution in [1.82, 2.24) is 15.5 Å². The monoisotopic (exact) mass is 386 g/mol. The van der Waals surface area contributed by atoms with Crippen LogP contribution >= 0.6 is 0 Å². The van der Waals surface area contributed by atoms with Crippen LogP contribution in [0.1, 0.15) is 24.8 Å². The number of benzene rings is 1. The third kappa shape index (κ3) is 6.90. The summed E-state index contributed by atoms with van der Waals surface area (Å²) in [6, 6.07) is 5.55. The maximum atomic E-state index is 12.3. The molecule has 0 aromatic heterocycles. The molecule has 1 aromatic rings. The Kier molecular flexibility index (Phi) is 9.37. The van der Waals surface area contributed by atoms with Crippen LogP contribution in [0.25, 0.3) is 0 Å². The van der Waals surface area contributed by atoms with Crippen LogP contribution in [0.2, 0.25) is 0 Å². The molecule has 0 spiro atoms. The van der Waals surface area contributed by atoms with Crippen molar-refractivity contribution in [2.45, 2.75) is 19.3 Å². The third-order valence-electron chi connectivity index (χ3n) is 4.63. The van der Waals surface area contributed by atoms with Crippen molar-refractivity contribution in [2.24, 2.45) is 4.99 Å². The fraction of sp³-hybridized carbons (Fsp3) is 0.476. The number of aldehydes is 1. The van der Waals surface area contributed by atoms with Gasteiger partial charge < -0.3 is 25.1 Å². The second-order valence-electron chi connectivity index (χ2n) is 6.66. The fourth-order valence-electron chi connectivity index (χ4n) is 3.07. The standard InChI is InChI=1S/C21H30N4O3/c1-3-7-23-20-6-5-18(16-19(20)17(2)21(27)24-10-14-26)28-15-4-11-25-12-8-22-9-13-25/h3,5-7,14,16-17,22H,1,4,8-13,15H2,2H3,(H,24,27). The van der Waals surface area contributed by atoms with Gasteiger partial charge in [0.1, 0.15) is 12.0 Å². The Balaban J connectivity index is 2.00. The van der Waals surface area contributed by atoms with E-state index in [1.54, 1.807) is 19.2 Å². The van der Waals surface area contributed by atoms with Crippen LogP contribution in [0.3, 0.4) is 0 Å². The van der Waals surface area contributed by atoms with Crippen molar-refractivity contribution < 1.29 is 14.3 Å². The van der Waals surface area contributed by atoms with Crippen molar-refractivity contribution in [3.8, 4) is 5.75 Å². The molecule has 1 heterocycles. The molecule has 28 heavy (non-hydrogen) atoms. The number of nitrogens with one attached hydrogen (secondary N) is 2. The summed E-state index contributed by atoms with van der Waals surface area (Å²) in [7, 11) is 0. The Hall–Kier alpha value is -2.51. The summed E-state index contributed by atoms with van der Waals surface area (Å²) in [5.41, 5.74) is 1.43. The lowest BCUT2D eigenvalue weighted by Crippen LogP contribution is -2.43. The minimum atomic E-state index is -0.457. The predicted octanol–water partition coefficient (Wildman–Crippen LogP) is 1.67. The number of ether oxygens (including phenoxy) is 1. The first kappa shape index (κ1) is 21.8. The number of amides is 1. The summed E-state index contributed by atoms with van der Waals surface area (Å²) in [6.07, 6.45) is 4.78. The average Bonchev–Trinajstić information content (AvgIpc) is 2.74. The Labute approximate surface area is 166 Å². The largest absolute Gasteiger partial charge is 0.494 e. The number of carbonyl (C=O) groups excluding carboxylic acids is 2. The van der Waals surface area contributed by atoms with Crippen LogP contribution in [0.4, 0.5) is 5.69 Å². The highest BCUT2D eigenvalue weighted by Gasteiger charge is 2.19. The average molecular weight is 386 g/mol. The molecule has 1 atom stereocenters. The van der Waals surface area contributed by atoms with E-state index in [9.17, 15) is 9.59 Å². The van der Waals surface area contributed by atoms with E-state index < -0.39 is 5.92 Å². The van der Waals surface area contributed by atoms with Crippen molar-refractivity contribution in [3.63, 3.8) is 0 Å². The predicted molar refractivity (Wildman–Crippen MR) is 112 cm³/mol. The summed E-state index contributed by atoms with van der Waals surface area (Å²) in [5.74, 6) is 0.0298. The molecule has 2 N–H and O–H groups in total. The normalized spacial score (nSPS) is 15.9. The number of carbonyl (C=O) groups is 2. The molecule has 0 saturated carbocycles. The molecule has 7 heteroatoms. The third-order valence-corrected chi connectivity index (χ3v) is 4.63. The van der Waals surface area contributed by atoms with Crippen molar-refractivity contribution in [1.29, 1.82) is 0 Å². The molecule has 0 aliphatic carbocycles. The van der Waals surface area contributed by atoms with Gasteiger partial charge in [0.05, 0.1) is 24.8 Å². The second-order valence-corrected chi connectivity index (χ2v) is 6.66. The van der Waals surface area contributed by atoms with Gasteiger partial charge in [-0.2, -0.15) is 0 Å². The number of nitrogens with zero attached hydrogens (tertiary/aromatic N) is 2. The van der Waals surface area contributed by atoms with Gasteiger partial charge in [0.15, 0.2) is 0 Å². The van der Waals surface area contributed by atoms with E-state index in [4.69, 9.17) is 4.74 Å². The highest BCUT2D eigenvalue weighted by Crippen LogP contribution is 2.31. The van der Waals surface area contributed by atoms with Crippen LogP contribution in [0.15, 0.2) is 35.8 Å². The molecule has 0 radical (unpaired) electrons. The minimum Gasteiger partial charge on any atom is -0.494 e. The Morgan fingerprint density at radius 3 is 2.93 bits per heavy atom. The zero-order valence-corrected chi connectivity index (χ0v) is 16.5. The van der Waals surface area contributed by atoms with E-state index in [2.05, 4.69) is 27.1 Å². The lowest BCUT2D eigenvalue weighted by Gasteiger charge is -2.27. The van der Waals surface area contributed by atoms with Gasteiger partial charge in [-0.3, -0.25) is 9.79 Å². The number of aliphatic imine (C=N–C) groups is 1. The van der Waals surface area contributed by atoms with Gasteiger partial charge in [0.2, 0.25) is 5.91 Å². The van der Waals surface area contributed by atoms with Crippen LogP contribution in [0.5, 0.6) is 5.75 Å². The Morgan fingerprint density at radius 1 is 1.43 bits per heavy atom. The van der Waals surface area contributed by atoms with E-state index in [0.29, 0.717) is 24.3 Å². The van der Waals surface area contributed by atoms with Crippen molar-refractivity contribution in [3.05, 3.63) is 36.4 Å². The van der Waals surface area contributed by atoms with Gasteiger partial charge in [-0.1, -0.05) is 12.7 Å². The summed E-state index contributed by atoms with van der Waals surface area (Å²) < 4.78 is 5.91. The second kappa shape index (κ2) is 12.0. The molecule has 7 nitrogen and oxygen atoms in total. The van der Waals surface area contributed by atoms with Gasteiger partial charge in [-0.05, 0) is 37.1 Å². The van der Waals surface area contributed by atoms with Crippen LogP contribution in [-0.2, 0) is 9.59 Å². The molecule has 1 fully saturated rings. The summed E-state index contributed by atoms with van der Waals surface area (Å²) in [4.78, 5) is 29.6. The maximum absolute atomic E-state index is 12.3. The SMILES string of the molecule is C=CC=Nc1ccc(OCCCN2CCNCC2)cc1C(C)C(=O)NCC=O. The number of allylic oxidation sites excluding steroid dienone is 1. The zero-order valence-electron chi connectivity index (χ0n) is 16.5. The molecule has 1 amide bonds. The molecule has 2 rings (SSSR count). The number of hydrogen-bond acceptors (Lipinski definition) is 6. The molecule has 1 aliphatic heterocycles. The molecule has 1 aromatic carbocycles. The Morgan fingerprint density at radius 2 is 2.21 bits per heavy atom. The van der Waals surface area contributed by atoms with E-state index in [1.165, 1.54) is 0 Å².